The highest BCUT2D eigenvalue weighted by Crippen LogP contribution is 2.36. The minimum Gasteiger partial charge on any atom is -0.388 e. The standard InChI is InChI=1S/C16H16N2O4S/c17-23(20,21)13-8-6-11(7-9-13)15-14(10-19)22-18-16(15)12-4-2-1-3-5-12/h1-6,8-9,11,19H,7,10H2,(H2,17,20,21). The first-order valence-electron chi connectivity index (χ1n) is 7.06. The average molecular weight is 332 g/mol. The number of primary sulfonamides is 1. The number of sulfonamides is 1. The molecule has 1 aliphatic rings. The van der Waals surface area contributed by atoms with Gasteiger partial charge in [-0.1, -0.05) is 47.6 Å². The Labute approximate surface area is 134 Å². The van der Waals surface area contributed by atoms with E-state index in [0.29, 0.717) is 17.9 Å². The summed E-state index contributed by atoms with van der Waals surface area (Å²) in [6, 6.07) is 9.49. The molecule has 3 rings (SSSR count). The SMILES string of the molecule is NS(=O)(=O)C1=CCC(c2c(-c3ccccc3)noc2CO)C=C1. The highest BCUT2D eigenvalue weighted by Gasteiger charge is 2.25. The minimum atomic E-state index is -3.71. The number of allylic oxidation sites excluding steroid dienone is 3. The summed E-state index contributed by atoms with van der Waals surface area (Å²) >= 11 is 0. The maximum absolute atomic E-state index is 11.4. The van der Waals surface area contributed by atoms with Gasteiger partial charge in [0.1, 0.15) is 12.3 Å². The van der Waals surface area contributed by atoms with Gasteiger partial charge in [-0.05, 0) is 12.5 Å². The zero-order valence-electron chi connectivity index (χ0n) is 12.2. The van der Waals surface area contributed by atoms with E-state index in [9.17, 15) is 13.5 Å². The van der Waals surface area contributed by atoms with Crippen molar-refractivity contribution in [3.8, 4) is 11.3 Å². The largest absolute Gasteiger partial charge is 0.388 e. The number of aliphatic hydroxyl groups is 1. The van der Waals surface area contributed by atoms with Crippen LogP contribution in [-0.2, 0) is 16.6 Å². The second-order valence-corrected chi connectivity index (χ2v) is 6.81. The van der Waals surface area contributed by atoms with E-state index < -0.39 is 10.0 Å². The van der Waals surface area contributed by atoms with Crippen molar-refractivity contribution in [2.24, 2.45) is 5.14 Å². The molecule has 0 bridgehead atoms. The van der Waals surface area contributed by atoms with Gasteiger partial charge in [0.05, 0.1) is 4.91 Å². The lowest BCUT2D eigenvalue weighted by Crippen LogP contribution is -2.15. The van der Waals surface area contributed by atoms with Crippen molar-refractivity contribution in [1.29, 1.82) is 0 Å². The van der Waals surface area contributed by atoms with Gasteiger partial charge in [-0.15, -0.1) is 0 Å². The summed E-state index contributed by atoms with van der Waals surface area (Å²) < 4.78 is 28.0. The molecule has 3 N–H and O–H groups in total. The van der Waals surface area contributed by atoms with Crippen LogP contribution in [-0.4, -0.2) is 18.7 Å². The van der Waals surface area contributed by atoms with Gasteiger partial charge in [-0.2, -0.15) is 0 Å². The zero-order valence-corrected chi connectivity index (χ0v) is 13.0. The van der Waals surface area contributed by atoms with Crippen LogP contribution < -0.4 is 5.14 Å². The Morgan fingerprint density at radius 2 is 2.04 bits per heavy atom. The molecular weight excluding hydrogens is 316 g/mol. The summed E-state index contributed by atoms with van der Waals surface area (Å²) in [6.07, 6.45) is 5.24. The molecule has 7 heteroatoms. The molecule has 23 heavy (non-hydrogen) atoms. The number of hydrogen-bond acceptors (Lipinski definition) is 5. The summed E-state index contributed by atoms with van der Waals surface area (Å²) in [7, 11) is -3.71. The molecule has 0 amide bonds. The maximum atomic E-state index is 11.4. The Bertz CT molecular complexity index is 867. The van der Waals surface area contributed by atoms with E-state index in [1.54, 1.807) is 12.2 Å². The summed E-state index contributed by atoms with van der Waals surface area (Å²) in [4.78, 5) is 0.0945. The van der Waals surface area contributed by atoms with E-state index in [-0.39, 0.29) is 17.4 Å². The Hall–Kier alpha value is -2.22. The van der Waals surface area contributed by atoms with Crippen LogP contribution in [0.1, 0.15) is 23.7 Å². The monoisotopic (exact) mass is 332 g/mol. The van der Waals surface area contributed by atoms with Gasteiger partial charge in [0.2, 0.25) is 10.0 Å². The van der Waals surface area contributed by atoms with E-state index >= 15 is 0 Å². The zero-order chi connectivity index (χ0) is 16.4. The second-order valence-electron chi connectivity index (χ2n) is 5.24. The minimum absolute atomic E-state index is 0.0945. The molecule has 2 aromatic rings. The lowest BCUT2D eigenvalue weighted by atomic mass is 9.89. The van der Waals surface area contributed by atoms with E-state index in [1.807, 2.05) is 30.3 Å². The van der Waals surface area contributed by atoms with Gasteiger partial charge in [0.15, 0.2) is 5.76 Å². The molecule has 1 aromatic heterocycles. The lowest BCUT2D eigenvalue weighted by molar-refractivity contribution is 0.227. The van der Waals surface area contributed by atoms with Crippen LogP contribution in [0.15, 0.2) is 58.0 Å². The number of aromatic nitrogens is 1. The van der Waals surface area contributed by atoms with Crippen LogP contribution in [0.2, 0.25) is 0 Å². The Morgan fingerprint density at radius 3 is 2.61 bits per heavy atom. The van der Waals surface area contributed by atoms with Gasteiger partial charge in [-0.25, -0.2) is 13.6 Å². The van der Waals surface area contributed by atoms with E-state index in [4.69, 9.17) is 9.66 Å². The topological polar surface area (TPSA) is 106 Å². The molecule has 1 aromatic carbocycles. The van der Waals surface area contributed by atoms with Crippen LogP contribution in [0.3, 0.4) is 0 Å². The van der Waals surface area contributed by atoms with Gasteiger partial charge >= 0.3 is 0 Å². The molecule has 120 valence electrons. The molecule has 0 fully saturated rings. The van der Waals surface area contributed by atoms with Crippen molar-refractivity contribution in [2.75, 3.05) is 0 Å². The number of hydrogen-bond donors (Lipinski definition) is 2. The predicted octanol–water partition coefficient (Wildman–Crippen LogP) is 2.05. The molecule has 0 aliphatic heterocycles. The third-order valence-corrected chi connectivity index (χ3v) is 4.72. The second kappa shape index (κ2) is 6.11. The molecule has 0 saturated carbocycles. The van der Waals surface area contributed by atoms with E-state index in [2.05, 4.69) is 5.16 Å². The maximum Gasteiger partial charge on any atom is 0.237 e. The molecule has 1 aliphatic carbocycles. The number of nitrogens with zero attached hydrogens (tertiary/aromatic N) is 1. The molecular formula is C16H16N2O4S. The van der Waals surface area contributed by atoms with Crippen LogP contribution in [0.4, 0.5) is 0 Å². The van der Waals surface area contributed by atoms with Gasteiger partial charge in [0, 0.05) is 17.0 Å². The lowest BCUT2D eigenvalue weighted by Gasteiger charge is -2.16. The van der Waals surface area contributed by atoms with Crippen molar-refractivity contribution < 1.29 is 18.0 Å². The number of aliphatic hydroxyl groups excluding tert-OH is 1. The highest BCUT2D eigenvalue weighted by atomic mass is 32.2. The van der Waals surface area contributed by atoms with E-state index in [1.165, 1.54) is 6.08 Å². The van der Waals surface area contributed by atoms with Crippen LogP contribution in [0, 0.1) is 0 Å². The number of rotatable bonds is 4. The van der Waals surface area contributed by atoms with Gasteiger partial charge in [-0.3, -0.25) is 0 Å². The fourth-order valence-electron chi connectivity index (χ4n) is 2.66. The fraction of sp³-hybridized carbons (Fsp3) is 0.188. The van der Waals surface area contributed by atoms with Gasteiger partial charge in [0.25, 0.3) is 0 Å². The van der Waals surface area contributed by atoms with Crippen LogP contribution in [0.25, 0.3) is 11.3 Å². The van der Waals surface area contributed by atoms with Gasteiger partial charge < -0.3 is 9.63 Å². The van der Waals surface area contributed by atoms with Crippen molar-refractivity contribution in [1.82, 2.24) is 5.16 Å². The summed E-state index contributed by atoms with van der Waals surface area (Å²) in [5, 5.41) is 18.7. The molecule has 6 nitrogen and oxygen atoms in total. The molecule has 0 spiro atoms. The van der Waals surface area contributed by atoms with Crippen molar-refractivity contribution >= 4 is 10.0 Å². The first kappa shape index (κ1) is 15.7. The molecule has 1 heterocycles. The average Bonchev–Trinajstić information content (AvgIpc) is 2.99. The normalized spacial score (nSPS) is 18.0. The van der Waals surface area contributed by atoms with Crippen molar-refractivity contribution in [3.05, 3.63) is 64.8 Å². The Morgan fingerprint density at radius 1 is 1.30 bits per heavy atom. The Balaban J connectivity index is 2.00. The Kier molecular flexibility index (Phi) is 4.16. The first-order chi connectivity index (χ1) is 11.0. The number of benzene rings is 1. The quantitative estimate of drug-likeness (QED) is 0.891. The molecule has 1 atom stereocenters. The fourth-order valence-corrected chi connectivity index (χ4v) is 3.25. The van der Waals surface area contributed by atoms with Crippen LogP contribution >= 0.6 is 0 Å². The molecule has 1 unspecified atom stereocenters. The third-order valence-electron chi connectivity index (χ3n) is 3.76. The van der Waals surface area contributed by atoms with Crippen molar-refractivity contribution in [2.45, 2.75) is 18.9 Å². The van der Waals surface area contributed by atoms with Crippen molar-refractivity contribution in [3.63, 3.8) is 0 Å². The van der Waals surface area contributed by atoms with E-state index in [0.717, 1.165) is 11.1 Å². The molecule has 0 radical (unpaired) electrons. The van der Waals surface area contributed by atoms with Crippen LogP contribution in [0.5, 0.6) is 0 Å². The smallest absolute Gasteiger partial charge is 0.237 e. The summed E-state index contributed by atoms with van der Waals surface area (Å²) in [5.74, 6) is 0.245. The highest BCUT2D eigenvalue weighted by molar-refractivity contribution is 7.93. The third kappa shape index (κ3) is 3.12. The predicted molar refractivity (Wildman–Crippen MR) is 85.6 cm³/mol. The molecule has 0 saturated heterocycles. The summed E-state index contributed by atoms with van der Waals surface area (Å²) in [6.45, 7) is -0.273. The number of nitrogens with two attached hydrogens (primary N) is 1. The first-order valence-corrected chi connectivity index (χ1v) is 8.61. The summed E-state index contributed by atoms with van der Waals surface area (Å²) in [5.41, 5.74) is 2.29.